The van der Waals surface area contributed by atoms with E-state index in [4.69, 9.17) is 44.8 Å². The van der Waals surface area contributed by atoms with Gasteiger partial charge in [0.15, 0.2) is 5.72 Å². The van der Waals surface area contributed by atoms with Gasteiger partial charge in [0.2, 0.25) is 17.7 Å². The molecule has 5 rings (SSSR count). The average Bonchev–Trinajstić information content (AvgIpc) is 4.19. The highest BCUT2D eigenvalue weighted by molar-refractivity contribution is 6.35. The number of amides is 4. The number of likely N-dealkylation sites (N-methyl/N-ethyl adjacent to an activating group) is 1. The summed E-state index contributed by atoms with van der Waals surface area (Å²) in [6.45, 7) is 10.1. The lowest BCUT2D eigenvalue weighted by atomic mass is 9.89. The summed E-state index contributed by atoms with van der Waals surface area (Å²) in [5, 5.41) is 20.1. The molecule has 7 atom stereocenters. The molecular weight excluding hydrogens is 992 g/mol. The highest BCUT2D eigenvalue weighted by Crippen LogP contribution is 2.37. The van der Waals surface area contributed by atoms with Crippen LogP contribution >= 0.6 is 11.6 Å². The van der Waals surface area contributed by atoms with Crippen LogP contribution < -0.4 is 25.7 Å². The van der Waals surface area contributed by atoms with Crippen LogP contribution in [0.5, 0.6) is 5.75 Å². The van der Waals surface area contributed by atoms with Crippen LogP contribution in [0, 0.1) is 5.92 Å². The number of hydrogen-bond donors (Lipinski definition) is 4. The molecular formula is C53H77ClN8O13. The van der Waals surface area contributed by atoms with Gasteiger partial charge in [-0.2, -0.15) is 0 Å². The second-order valence-corrected chi connectivity index (χ2v) is 19.3. The molecule has 1 aromatic carbocycles. The molecule has 0 saturated carbocycles. The Morgan fingerprint density at radius 3 is 2.47 bits per heavy atom. The molecule has 4 amide bonds. The summed E-state index contributed by atoms with van der Waals surface area (Å²) < 4.78 is 41.1. The van der Waals surface area contributed by atoms with Gasteiger partial charge in [-0.1, -0.05) is 49.2 Å². The van der Waals surface area contributed by atoms with E-state index in [2.05, 4.69) is 31.7 Å². The third kappa shape index (κ3) is 17.4. The molecule has 414 valence electrons. The number of hydrogen-bond acceptors (Lipinski definition) is 16. The quantitative estimate of drug-likeness (QED) is 0.0225. The summed E-state index contributed by atoms with van der Waals surface area (Å²) in [7, 11) is 9.82. The van der Waals surface area contributed by atoms with Crippen LogP contribution in [0.4, 0.5) is 10.5 Å². The van der Waals surface area contributed by atoms with E-state index in [0.717, 1.165) is 27.9 Å². The van der Waals surface area contributed by atoms with E-state index in [9.17, 15) is 29.1 Å². The van der Waals surface area contributed by atoms with Gasteiger partial charge in [-0.25, -0.2) is 19.6 Å². The van der Waals surface area contributed by atoms with Gasteiger partial charge < -0.3 is 57.9 Å². The van der Waals surface area contributed by atoms with Crippen LogP contribution in [0.25, 0.3) is 11.0 Å². The molecule has 2 saturated heterocycles. The number of rotatable bonds is 31. The fourth-order valence-electron chi connectivity index (χ4n) is 8.53. The van der Waals surface area contributed by atoms with Crippen molar-refractivity contribution in [2.45, 2.75) is 115 Å². The van der Waals surface area contributed by atoms with Crippen molar-refractivity contribution in [3.63, 3.8) is 0 Å². The Kier molecular flexibility index (Phi) is 23.3. The predicted octanol–water partition coefficient (Wildman–Crippen LogP) is 4.70. The molecule has 0 aliphatic carbocycles. The van der Waals surface area contributed by atoms with E-state index in [-0.39, 0.29) is 80.3 Å². The first kappa shape index (κ1) is 60.2. The number of ether oxygens (including phenoxy) is 7. The number of methoxy groups -OCH3 is 2. The van der Waals surface area contributed by atoms with Crippen LogP contribution in [-0.2, 0) is 67.1 Å². The van der Waals surface area contributed by atoms with Gasteiger partial charge in [-0.05, 0) is 69.6 Å². The van der Waals surface area contributed by atoms with E-state index >= 15 is 0 Å². The van der Waals surface area contributed by atoms with Gasteiger partial charge in [0, 0.05) is 77.4 Å². The topological polar surface area (TPSA) is 237 Å². The molecule has 0 radical (unpaired) electrons. The molecule has 4 N–H and O–H groups in total. The Balaban J connectivity index is 1.01. The number of fused-ring (bicyclic) bond motifs is 1. The van der Waals surface area contributed by atoms with E-state index in [0.29, 0.717) is 57.1 Å². The molecule has 22 heteroatoms. The van der Waals surface area contributed by atoms with Crippen molar-refractivity contribution in [3.05, 3.63) is 76.6 Å². The number of carbonyl (C=O) groups excluding carboxylic acids is 5. The zero-order chi connectivity index (χ0) is 54.8. The number of nitrogens with one attached hydrogen (secondary N) is 3. The highest BCUT2D eigenvalue weighted by Gasteiger charge is 2.49. The van der Waals surface area contributed by atoms with Crippen molar-refractivity contribution < 1.29 is 62.2 Å². The number of benzene rings is 1. The number of pyridine rings is 1. The van der Waals surface area contributed by atoms with Gasteiger partial charge in [0.05, 0.1) is 71.3 Å². The van der Waals surface area contributed by atoms with Gasteiger partial charge >= 0.3 is 12.1 Å². The number of esters is 1. The zero-order valence-corrected chi connectivity index (χ0v) is 45.8. The number of nitrogens with zero attached hydrogens (tertiary/aromatic N) is 5. The lowest BCUT2D eigenvalue weighted by molar-refractivity contribution is -0.159. The second-order valence-electron chi connectivity index (χ2n) is 19.0. The standard InChI is InChI=1S/C53H77ClN8O13/c1-11-40(74-51(66)36(4)60(7)47(64)18-22-71-24-25-72-23-20-56-46(63)17-21-62-39(32-59(6)55-5)29-38-15-13-19-57-50(38)62)30-48(65)61(8)41-27-37(28-42(69-9)49(41)54)26-34(2)14-12-16-45(70-10)53(68)31-43(75-52(67)58-53)35(3)44-33-73-44/h12-16,19,27-29,35-36,40,43-45,55,68H,11,17-18,20-26,30-33H2,1-10H3,(H,56,63)(H,58,67)/b16-12+,34-14+/t35-,36+,40-,43+,44?,45-,53+/m1/s1. The Morgan fingerprint density at radius 2 is 1.79 bits per heavy atom. The van der Waals surface area contributed by atoms with Crippen molar-refractivity contribution in [2.24, 2.45) is 5.92 Å². The van der Waals surface area contributed by atoms with E-state index < -0.39 is 42.1 Å². The normalized spacial score (nSPS) is 19.3. The van der Waals surface area contributed by atoms with Crippen molar-refractivity contribution in [3.8, 4) is 5.75 Å². The number of carbonyl (C=O) groups is 5. The summed E-state index contributed by atoms with van der Waals surface area (Å²) in [5.41, 5.74) is 5.37. The number of alkyl carbamates (subject to hydrolysis) is 1. The predicted molar refractivity (Wildman–Crippen MR) is 282 cm³/mol. The minimum Gasteiger partial charge on any atom is -0.495 e. The van der Waals surface area contributed by atoms with E-state index in [1.807, 2.05) is 51.2 Å². The lowest BCUT2D eigenvalue weighted by Gasteiger charge is -2.41. The molecule has 2 aromatic heterocycles. The first-order chi connectivity index (χ1) is 35.8. The number of hydrazine groups is 1. The van der Waals surface area contributed by atoms with Crippen molar-refractivity contribution in [2.75, 3.05) is 86.9 Å². The number of aryl methyl sites for hydroxylation is 1. The van der Waals surface area contributed by atoms with Gasteiger partial charge in [0.25, 0.3) is 0 Å². The monoisotopic (exact) mass is 1070 g/mol. The maximum absolute atomic E-state index is 13.7. The van der Waals surface area contributed by atoms with Crippen LogP contribution in [0.15, 0.2) is 60.3 Å². The second kappa shape index (κ2) is 29.0. The Hall–Kier alpha value is -5.65. The summed E-state index contributed by atoms with van der Waals surface area (Å²) in [6, 6.07) is 8.62. The third-order valence-electron chi connectivity index (χ3n) is 13.5. The number of halogens is 1. The molecule has 4 heterocycles. The van der Waals surface area contributed by atoms with Crippen molar-refractivity contribution >= 4 is 58.1 Å². The van der Waals surface area contributed by atoms with E-state index in [1.54, 1.807) is 51.4 Å². The van der Waals surface area contributed by atoms with Crippen LogP contribution in [0.1, 0.15) is 71.1 Å². The lowest BCUT2D eigenvalue weighted by Crippen LogP contribution is -2.63. The largest absolute Gasteiger partial charge is 0.495 e. The number of allylic oxidation sites excluding steroid dienone is 3. The minimum atomic E-state index is -1.70. The zero-order valence-electron chi connectivity index (χ0n) is 45.0. The maximum atomic E-state index is 13.7. The molecule has 3 aromatic rings. The van der Waals surface area contributed by atoms with Crippen molar-refractivity contribution in [1.82, 2.24) is 35.5 Å². The maximum Gasteiger partial charge on any atom is 0.409 e. The summed E-state index contributed by atoms with van der Waals surface area (Å²) in [6.07, 6.45) is 5.07. The molecule has 2 aliphatic heterocycles. The average molecular weight is 1070 g/mol. The molecule has 0 spiro atoms. The van der Waals surface area contributed by atoms with Gasteiger partial charge in [-0.15, -0.1) is 0 Å². The Bertz CT molecular complexity index is 2470. The first-order valence-electron chi connectivity index (χ1n) is 25.3. The van der Waals surface area contributed by atoms with E-state index in [1.165, 1.54) is 31.1 Å². The third-order valence-corrected chi connectivity index (χ3v) is 13.9. The first-order valence-corrected chi connectivity index (χ1v) is 25.7. The molecule has 75 heavy (non-hydrogen) atoms. The smallest absolute Gasteiger partial charge is 0.409 e. The summed E-state index contributed by atoms with van der Waals surface area (Å²) >= 11 is 6.75. The van der Waals surface area contributed by atoms with Gasteiger partial charge in [-0.3, -0.25) is 25.1 Å². The molecule has 0 bridgehead atoms. The number of aromatic nitrogens is 2. The SMILES string of the molecule is CC[C@H](CC(=O)N(C)c1cc(C/C(C)=C/C=C/[C@@H](OC)[C@@]2(O)C[C@@H]([C@@H](C)C3CO3)OC(=O)N2)cc(OC)c1Cl)OC(=O)[C@H](C)N(C)C(=O)CCOCCOCCNC(=O)CCn1c(CN(C)NC)cc2cccnc21. The highest BCUT2D eigenvalue weighted by atomic mass is 35.5. The number of cyclic esters (lactones) is 1. The van der Waals surface area contributed by atoms with Gasteiger partial charge in [0.1, 0.15) is 40.8 Å². The minimum absolute atomic E-state index is 0.0180. The molecule has 21 nitrogen and oxygen atoms in total. The summed E-state index contributed by atoms with van der Waals surface area (Å²) in [5.74, 6) is -1.18. The van der Waals surface area contributed by atoms with Crippen LogP contribution in [0.3, 0.4) is 0 Å². The molecule has 2 fully saturated rings. The number of aliphatic hydroxyl groups is 1. The number of anilines is 1. The number of epoxide rings is 1. The van der Waals surface area contributed by atoms with Crippen LogP contribution in [0.2, 0.25) is 5.02 Å². The fraction of sp³-hybridized carbons (Fsp3) is 0.585. The Labute approximate surface area is 445 Å². The van der Waals surface area contributed by atoms with Crippen LogP contribution in [-0.4, -0.2) is 173 Å². The van der Waals surface area contributed by atoms with Crippen molar-refractivity contribution in [1.29, 1.82) is 0 Å². The molecule has 2 aliphatic rings. The fourth-order valence-corrected chi connectivity index (χ4v) is 8.84. The Morgan fingerprint density at radius 1 is 1.05 bits per heavy atom. The summed E-state index contributed by atoms with van der Waals surface area (Å²) in [4.78, 5) is 72.3. The molecule has 1 unspecified atom stereocenters.